The van der Waals surface area contributed by atoms with E-state index in [0.717, 1.165) is 0 Å². The highest BCUT2D eigenvalue weighted by Gasteiger charge is 2.31. The predicted molar refractivity (Wildman–Crippen MR) is 103 cm³/mol. The topological polar surface area (TPSA) is 123 Å². The average molecular weight is 366 g/mol. The van der Waals surface area contributed by atoms with Gasteiger partial charge in [-0.25, -0.2) is 0 Å². The number of halogens is 1. The third-order valence-electron chi connectivity index (χ3n) is 3.63. The Morgan fingerprint density at radius 3 is 2.80 bits per heavy atom. The third kappa shape index (κ3) is 4.42. The minimum Gasteiger partial charge on any atom is -0.396 e. The number of anilines is 1. The summed E-state index contributed by atoms with van der Waals surface area (Å²) >= 11 is 5.54. The summed E-state index contributed by atoms with van der Waals surface area (Å²) in [6.07, 6.45) is 1.95. The molecule has 2 atom stereocenters. The van der Waals surface area contributed by atoms with Gasteiger partial charge in [0.15, 0.2) is 5.65 Å². The smallest absolute Gasteiger partial charge is 0.261 e. The molecule has 2 unspecified atom stereocenters. The van der Waals surface area contributed by atoms with Gasteiger partial charge in [0.25, 0.3) is 5.56 Å². The molecule has 8 heteroatoms. The van der Waals surface area contributed by atoms with E-state index >= 15 is 0 Å². The van der Waals surface area contributed by atoms with E-state index in [4.69, 9.17) is 23.1 Å². The van der Waals surface area contributed by atoms with E-state index in [1.165, 1.54) is 0 Å². The predicted octanol–water partition coefficient (Wildman–Crippen LogP) is 1.72. The maximum Gasteiger partial charge on any atom is 0.261 e. The van der Waals surface area contributed by atoms with Crippen LogP contribution in [0.15, 0.2) is 23.6 Å². The second kappa shape index (κ2) is 8.72. The van der Waals surface area contributed by atoms with Gasteiger partial charge in [-0.15, -0.1) is 0 Å². The molecule has 2 heterocycles. The van der Waals surface area contributed by atoms with Gasteiger partial charge in [-0.3, -0.25) is 9.78 Å². The summed E-state index contributed by atoms with van der Waals surface area (Å²) in [5.74, 6) is 2.60. The lowest BCUT2D eigenvalue weighted by Crippen LogP contribution is -2.43. The molecule has 2 aromatic heterocycles. The van der Waals surface area contributed by atoms with Crippen LogP contribution in [0.3, 0.4) is 0 Å². The second-order valence-corrected chi connectivity index (χ2v) is 5.69. The van der Waals surface area contributed by atoms with E-state index in [0.29, 0.717) is 23.2 Å². The Morgan fingerprint density at radius 1 is 1.60 bits per heavy atom. The SMILES string of the molecule is C=C(n1ccc2c(=O)[nH]c(N)nc21)C(N)(C#CCl)CC(C)CO.CC. The molecule has 0 saturated heterocycles. The molecular weight excluding hydrogens is 342 g/mol. The Kier molecular flexibility index (Phi) is 7.24. The molecule has 6 N–H and O–H groups in total. The van der Waals surface area contributed by atoms with E-state index in [1.807, 2.05) is 20.8 Å². The van der Waals surface area contributed by atoms with E-state index in [9.17, 15) is 9.90 Å². The zero-order valence-electron chi connectivity index (χ0n) is 14.6. The van der Waals surface area contributed by atoms with Crippen LogP contribution in [0, 0.1) is 17.2 Å². The first-order valence-electron chi connectivity index (χ1n) is 7.91. The van der Waals surface area contributed by atoms with Gasteiger partial charge in [-0.05, 0) is 30.0 Å². The number of rotatable bonds is 5. The van der Waals surface area contributed by atoms with E-state index in [1.54, 1.807) is 16.8 Å². The fourth-order valence-electron chi connectivity index (χ4n) is 2.41. The van der Waals surface area contributed by atoms with E-state index in [2.05, 4.69) is 27.8 Å². The molecule has 25 heavy (non-hydrogen) atoms. The molecule has 0 amide bonds. The molecule has 0 bridgehead atoms. The average Bonchev–Trinajstić information content (AvgIpc) is 2.99. The molecule has 2 rings (SSSR count). The molecule has 0 aliphatic rings. The monoisotopic (exact) mass is 365 g/mol. The van der Waals surface area contributed by atoms with Crippen molar-refractivity contribution in [2.75, 3.05) is 12.3 Å². The van der Waals surface area contributed by atoms with Crippen molar-refractivity contribution in [3.05, 3.63) is 29.2 Å². The van der Waals surface area contributed by atoms with Gasteiger partial charge < -0.3 is 21.1 Å². The Morgan fingerprint density at radius 2 is 2.24 bits per heavy atom. The molecule has 0 saturated carbocycles. The minimum absolute atomic E-state index is 0.00924. The van der Waals surface area contributed by atoms with Crippen molar-refractivity contribution in [1.29, 1.82) is 0 Å². The Hall–Kier alpha value is -2.27. The normalized spacial score (nSPS) is 13.8. The number of H-pyrrole nitrogens is 1. The molecule has 0 aliphatic heterocycles. The summed E-state index contributed by atoms with van der Waals surface area (Å²) in [5, 5.41) is 11.9. The molecule has 0 radical (unpaired) electrons. The number of hydrogen-bond donors (Lipinski definition) is 4. The third-order valence-corrected chi connectivity index (χ3v) is 3.72. The van der Waals surface area contributed by atoms with Gasteiger partial charge >= 0.3 is 0 Å². The Labute approximate surface area is 151 Å². The molecule has 0 fully saturated rings. The molecule has 0 aromatic carbocycles. The number of aliphatic hydroxyl groups is 1. The lowest BCUT2D eigenvalue weighted by Gasteiger charge is -2.29. The summed E-state index contributed by atoms with van der Waals surface area (Å²) in [7, 11) is 0. The standard InChI is InChI=1S/C15H18ClN5O2.C2H6/c1-9(8-22)7-15(18,4-5-16)10(2)21-6-3-11-12(21)19-14(17)20-13(11)23;1-2/h3,6,9,22H,2,7-8,18H2,1H3,(H3,17,19,20,23);1-2H3. The van der Waals surface area contributed by atoms with Gasteiger partial charge in [0.1, 0.15) is 5.54 Å². The van der Waals surface area contributed by atoms with Crippen molar-refractivity contribution in [3.8, 4) is 11.3 Å². The zero-order chi connectivity index (χ0) is 19.2. The van der Waals surface area contributed by atoms with Crippen molar-refractivity contribution in [1.82, 2.24) is 14.5 Å². The van der Waals surface area contributed by atoms with Crippen LogP contribution in [0.4, 0.5) is 5.95 Å². The highest BCUT2D eigenvalue weighted by molar-refractivity contribution is 6.30. The Bertz CT molecular complexity index is 861. The van der Waals surface area contributed by atoms with Gasteiger partial charge in [0.2, 0.25) is 5.95 Å². The van der Waals surface area contributed by atoms with Crippen LogP contribution in [0.5, 0.6) is 0 Å². The number of hydrogen-bond acceptors (Lipinski definition) is 5. The summed E-state index contributed by atoms with van der Waals surface area (Å²) in [6.45, 7) is 9.77. The molecule has 0 spiro atoms. The van der Waals surface area contributed by atoms with Crippen molar-refractivity contribution in [2.24, 2.45) is 11.7 Å². The summed E-state index contributed by atoms with van der Waals surface area (Å²) in [4.78, 5) is 18.5. The number of aromatic nitrogens is 3. The minimum atomic E-state index is -1.19. The van der Waals surface area contributed by atoms with Crippen molar-refractivity contribution >= 4 is 34.3 Å². The number of aromatic amines is 1. The van der Waals surface area contributed by atoms with Crippen LogP contribution in [0.1, 0.15) is 27.2 Å². The number of nitrogens with one attached hydrogen (secondary N) is 1. The van der Waals surface area contributed by atoms with Gasteiger partial charge in [-0.1, -0.05) is 33.3 Å². The number of nitrogens with two attached hydrogens (primary N) is 2. The largest absolute Gasteiger partial charge is 0.396 e. The first-order valence-corrected chi connectivity index (χ1v) is 8.29. The number of nitrogens with zero attached hydrogens (tertiary/aromatic N) is 2. The lowest BCUT2D eigenvalue weighted by molar-refractivity contribution is 0.221. The van der Waals surface area contributed by atoms with E-state index < -0.39 is 5.54 Å². The highest BCUT2D eigenvalue weighted by atomic mass is 35.5. The van der Waals surface area contributed by atoms with Crippen LogP contribution in [-0.4, -0.2) is 31.8 Å². The molecule has 136 valence electrons. The number of aliphatic hydroxyl groups excluding tert-OH is 1. The number of fused-ring (bicyclic) bond motifs is 1. The second-order valence-electron chi connectivity index (χ2n) is 5.50. The molecule has 7 nitrogen and oxygen atoms in total. The van der Waals surface area contributed by atoms with Gasteiger partial charge in [-0.2, -0.15) is 4.98 Å². The van der Waals surface area contributed by atoms with Crippen LogP contribution in [0.2, 0.25) is 0 Å². The van der Waals surface area contributed by atoms with Crippen LogP contribution < -0.4 is 17.0 Å². The molecule has 2 aromatic rings. The zero-order valence-corrected chi connectivity index (χ0v) is 15.4. The first kappa shape index (κ1) is 20.8. The maximum atomic E-state index is 11.9. The maximum absolute atomic E-state index is 11.9. The van der Waals surface area contributed by atoms with Crippen LogP contribution in [-0.2, 0) is 0 Å². The van der Waals surface area contributed by atoms with E-state index in [-0.39, 0.29) is 24.0 Å². The number of nitrogen functional groups attached to an aromatic ring is 1. The quantitative estimate of drug-likeness (QED) is 0.601. The summed E-state index contributed by atoms with van der Waals surface area (Å²) in [6, 6.07) is 1.59. The summed E-state index contributed by atoms with van der Waals surface area (Å²) in [5.41, 5.74) is 11.1. The molecule has 0 aliphatic carbocycles. The van der Waals surface area contributed by atoms with Gasteiger partial charge in [0, 0.05) is 23.9 Å². The van der Waals surface area contributed by atoms with Crippen molar-refractivity contribution in [3.63, 3.8) is 0 Å². The van der Waals surface area contributed by atoms with Gasteiger partial charge in [0.05, 0.1) is 5.39 Å². The fraction of sp³-hybridized carbons (Fsp3) is 0.412. The summed E-state index contributed by atoms with van der Waals surface area (Å²) < 4.78 is 1.56. The first-order chi connectivity index (χ1) is 11.8. The van der Waals surface area contributed by atoms with Crippen molar-refractivity contribution < 1.29 is 5.11 Å². The van der Waals surface area contributed by atoms with Crippen molar-refractivity contribution in [2.45, 2.75) is 32.7 Å². The van der Waals surface area contributed by atoms with Crippen LogP contribution >= 0.6 is 11.6 Å². The molecular formula is C17H24ClN5O2. The fourth-order valence-corrected chi connectivity index (χ4v) is 2.58. The lowest BCUT2D eigenvalue weighted by atomic mass is 9.87. The Balaban J connectivity index is 0.00000151. The highest BCUT2D eigenvalue weighted by Crippen LogP contribution is 2.27. The van der Waals surface area contributed by atoms with Crippen LogP contribution in [0.25, 0.3) is 16.7 Å².